The highest BCUT2D eigenvalue weighted by Gasteiger charge is 2.13. The highest BCUT2D eigenvalue weighted by Crippen LogP contribution is 2.12. The van der Waals surface area contributed by atoms with E-state index in [1.165, 1.54) is 48.6 Å². The molecule has 0 aliphatic heterocycles. The highest BCUT2D eigenvalue weighted by atomic mass is 32.2. The summed E-state index contributed by atoms with van der Waals surface area (Å²) < 4.78 is 39.5. The maximum absolute atomic E-state index is 13.1. The van der Waals surface area contributed by atoms with Gasteiger partial charge in [-0.05, 0) is 54.5 Å². The average molecular weight is 347 g/mol. The summed E-state index contributed by atoms with van der Waals surface area (Å²) in [7, 11) is -3.55. The van der Waals surface area contributed by atoms with Gasteiger partial charge in [-0.2, -0.15) is 0 Å². The normalized spacial score (nSPS) is 11.8. The Bertz CT molecular complexity index is 843. The Kier molecular flexibility index (Phi) is 6.00. The number of carbonyl (C=O) groups is 1. The summed E-state index contributed by atoms with van der Waals surface area (Å²) in [5.41, 5.74) is 0.934. The van der Waals surface area contributed by atoms with E-state index in [9.17, 15) is 17.6 Å². The zero-order chi connectivity index (χ0) is 17.6. The molecule has 2 aromatic carbocycles. The van der Waals surface area contributed by atoms with E-state index in [4.69, 9.17) is 0 Å². The zero-order valence-electron chi connectivity index (χ0n) is 13.2. The minimum Gasteiger partial charge on any atom is -0.289 e. The maximum Gasteiger partial charge on any atom is 0.240 e. The molecule has 1 N–H and O–H groups in total. The largest absolute Gasteiger partial charge is 0.289 e. The molecule has 0 aliphatic carbocycles. The summed E-state index contributed by atoms with van der Waals surface area (Å²) in [6.45, 7) is 2.23. The van der Waals surface area contributed by atoms with Gasteiger partial charge in [-0.3, -0.25) is 4.79 Å². The monoisotopic (exact) mass is 347 g/mol. The molecule has 0 radical (unpaired) electrons. The molecule has 0 saturated carbocycles. The Morgan fingerprint density at radius 2 is 1.88 bits per heavy atom. The average Bonchev–Trinajstić information content (AvgIpc) is 2.58. The third kappa shape index (κ3) is 4.84. The predicted octanol–water partition coefficient (Wildman–Crippen LogP) is 3.41. The molecule has 126 valence electrons. The molecular weight excluding hydrogens is 329 g/mol. The van der Waals surface area contributed by atoms with Gasteiger partial charge in [0.2, 0.25) is 10.0 Å². The molecular formula is C18H18FNO3S. The molecule has 0 unspecified atom stereocenters. The number of ketones is 1. The fourth-order valence-corrected chi connectivity index (χ4v) is 3.13. The number of rotatable bonds is 7. The van der Waals surface area contributed by atoms with Crippen molar-refractivity contribution in [3.05, 3.63) is 71.6 Å². The molecule has 6 heteroatoms. The molecule has 2 aromatic rings. The number of nitrogens with one attached hydrogen (secondary N) is 1. The lowest BCUT2D eigenvalue weighted by atomic mass is 10.1. The Balaban J connectivity index is 2.11. The topological polar surface area (TPSA) is 63.2 Å². The summed E-state index contributed by atoms with van der Waals surface area (Å²) in [6, 6.07) is 11.6. The van der Waals surface area contributed by atoms with Crippen LogP contribution in [0.2, 0.25) is 0 Å². The van der Waals surface area contributed by atoms with Crippen molar-refractivity contribution in [3.63, 3.8) is 0 Å². The lowest BCUT2D eigenvalue weighted by Crippen LogP contribution is -2.24. The van der Waals surface area contributed by atoms with Gasteiger partial charge in [-0.1, -0.05) is 25.1 Å². The van der Waals surface area contributed by atoms with Crippen molar-refractivity contribution in [2.45, 2.75) is 18.2 Å². The summed E-state index contributed by atoms with van der Waals surface area (Å²) >= 11 is 0. The number of benzene rings is 2. The second kappa shape index (κ2) is 7.99. The number of hydrogen-bond donors (Lipinski definition) is 1. The fourth-order valence-electron chi connectivity index (χ4n) is 2.00. The molecule has 0 atom stereocenters. The number of sulfonamides is 1. The fraction of sp³-hybridized carbons (Fsp3) is 0.167. The van der Waals surface area contributed by atoms with Gasteiger partial charge in [0, 0.05) is 12.1 Å². The first kappa shape index (κ1) is 18.0. The van der Waals surface area contributed by atoms with Crippen LogP contribution in [-0.4, -0.2) is 20.7 Å². The van der Waals surface area contributed by atoms with Gasteiger partial charge in [0.05, 0.1) is 4.90 Å². The number of carbonyl (C=O) groups excluding carboxylic acids is 1. The van der Waals surface area contributed by atoms with Crippen molar-refractivity contribution in [2.24, 2.45) is 0 Å². The molecule has 0 aromatic heterocycles. The minimum absolute atomic E-state index is 0.113. The molecule has 4 nitrogen and oxygen atoms in total. The molecule has 0 amide bonds. The van der Waals surface area contributed by atoms with Crippen molar-refractivity contribution in [3.8, 4) is 0 Å². The van der Waals surface area contributed by atoms with Crippen molar-refractivity contribution < 1.29 is 17.6 Å². The summed E-state index contributed by atoms with van der Waals surface area (Å²) in [5, 5.41) is 0. The zero-order valence-corrected chi connectivity index (χ0v) is 14.0. The molecule has 0 heterocycles. The molecule has 0 bridgehead atoms. The molecule has 24 heavy (non-hydrogen) atoms. The lowest BCUT2D eigenvalue weighted by molar-refractivity contribution is 0.104. The second-order valence-electron chi connectivity index (χ2n) is 5.17. The van der Waals surface area contributed by atoms with Crippen LogP contribution in [0.25, 0.3) is 6.08 Å². The van der Waals surface area contributed by atoms with Crippen LogP contribution in [0.1, 0.15) is 29.3 Å². The van der Waals surface area contributed by atoms with Crippen molar-refractivity contribution in [1.29, 1.82) is 0 Å². The van der Waals surface area contributed by atoms with Crippen LogP contribution in [0.4, 0.5) is 4.39 Å². The maximum atomic E-state index is 13.1. The Labute approximate surface area is 141 Å². The lowest BCUT2D eigenvalue weighted by Gasteiger charge is -2.05. The Morgan fingerprint density at radius 1 is 1.17 bits per heavy atom. The van der Waals surface area contributed by atoms with E-state index in [2.05, 4.69) is 4.72 Å². The third-order valence-electron chi connectivity index (χ3n) is 3.27. The van der Waals surface area contributed by atoms with Gasteiger partial charge in [0.15, 0.2) is 5.78 Å². The quantitative estimate of drug-likeness (QED) is 0.617. The first-order valence-electron chi connectivity index (χ1n) is 7.50. The van der Waals surface area contributed by atoms with E-state index in [1.54, 1.807) is 12.1 Å². The standard InChI is InChI=1S/C18H18FNO3S/c1-2-12-20-24(22,23)17-9-7-15(8-10-17)18(21)11-6-14-4-3-5-16(19)13-14/h3-11,13,20H,2,12H2,1H3/b11-6+. The molecule has 0 aliphatic rings. The van der Waals surface area contributed by atoms with Crippen LogP contribution in [0, 0.1) is 5.82 Å². The van der Waals surface area contributed by atoms with E-state index in [0.29, 0.717) is 24.1 Å². The van der Waals surface area contributed by atoms with Gasteiger partial charge in [0.25, 0.3) is 0 Å². The van der Waals surface area contributed by atoms with Crippen LogP contribution in [-0.2, 0) is 10.0 Å². The molecule has 0 spiro atoms. The van der Waals surface area contributed by atoms with Crippen LogP contribution >= 0.6 is 0 Å². The van der Waals surface area contributed by atoms with E-state index >= 15 is 0 Å². The number of allylic oxidation sites excluding steroid dienone is 1. The van der Waals surface area contributed by atoms with Crippen molar-refractivity contribution in [2.75, 3.05) is 6.54 Å². The first-order chi connectivity index (χ1) is 11.4. The minimum atomic E-state index is -3.55. The number of halogens is 1. The highest BCUT2D eigenvalue weighted by molar-refractivity contribution is 7.89. The van der Waals surface area contributed by atoms with E-state index < -0.39 is 10.0 Å². The molecule has 2 rings (SSSR count). The predicted molar refractivity (Wildman–Crippen MR) is 91.7 cm³/mol. The van der Waals surface area contributed by atoms with Gasteiger partial charge < -0.3 is 0 Å². The number of hydrogen-bond acceptors (Lipinski definition) is 3. The molecule has 0 saturated heterocycles. The van der Waals surface area contributed by atoms with Crippen molar-refractivity contribution in [1.82, 2.24) is 4.72 Å². The van der Waals surface area contributed by atoms with E-state index in [0.717, 1.165) is 0 Å². The smallest absolute Gasteiger partial charge is 0.240 e. The molecule has 0 fully saturated rings. The van der Waals surface area contributed by atoms with Crippen molar-refractivity contribution >= 4 is 21.9 Å². The summed E-state index contributed by atoms with van der Waals surface area (Å²) in [4.78, 5) is 12.2. The Hall–Kier alpha value is -2.31. The van der Waals surface area contributed by atoms with Crippen LogP contribution in [0.3, 0.4) is 0 Å². The Morgan fingerprint density at radius 3 is 2.50 bits per heavy atom. The van der Waals surface area contributed by atoms with Gasteiger partial charge in [-0.15, -0.1) is 0 Å². The summed E-state index contributed by atoms with van der Waals surface area (Å²) in [5.74, 6) is -0.663. The van der Waals surface area contributed by atoms with Gasteiger partial charge in [-0.25, -0.2) is 17.5 Å². The third-order valence-corrected chi connectivity index (χ3v) is 4.74. The summed E-state index contributed by atoms with van der Waals surface area (Å²) in [6.07, 6.45) is 3.53. The first-order valence-corrected chi connectivity index (χ1v) is 8.98. The van der Waals surface area contributed by atoms with Gasteiger partial charge in [0.1, 0.15) is 5.82 Å². The second-order valence-corrected chi connectivity index (χ2v) is 6.94. The van der Waals surface area contributed by atoms with E-state index in [1.807, 2.05) is 6.92 Å². The van der Waals surface area contributed by atoms with Crippen LogP contribution in [0.5, 0.6) is 0 Å². The SMILES string of the molecule is CCCNS(=O)(=O)c1ccc(C(=O)/C=C/c2cccc(F)c2)cc1. The van der Waals surface area contributed by atoms with E-state index in [-0.39, 0.29) is 16.5 Å². The van der Waals surface area contributed by atoms with Crippen LogP contribution in [0.15, 0.2) is 59.5 Å². The van der Waals surface area contributed by atoms with Gasteiger partial charge >= 0.3 is 0 Å². The van der Waals surface area contributed by atoms with Crippen LogP contribution < -0.4 is 4.72 Å².